The Balaban J connectivity index is 2.11. The van der Waals surface area contributed by atoms with Gasteiger partial charge in [0.2, 0.25) is 0 Å². The SMILES string of the molecule is COC1CN(c2nc(Cl)c(CO)s2)CCC1C. The number of aliphatic hydroxyl groups excluding tert-OH is 1. The monoisotopic (exact) mass is 276 g/mol. The molecule has 0 saturated carbocycles. The van der Waals surface area contributed by atoms with Crippen LogP contribution in [0.15, 0.2) is 0 Å². The van der Waals surface area contributed by atoms with E-state index in [9.17, 15) is 0 Å². The maximum absolute atomic E-state index is 9.11. The zero-order chi connectivity index (χ0) is 12.4. The lowest BCUT2D eigenvalue weighted by atomic mass is 9.96. The molecule has 0 amide bonds. The molecule has 1 fully saturated rings. The molecule has 0 radical (unpaired) electrons. The lowest BCUT2D eigenvalue weighted by Gasteiger charge is -2.35. The normalized spacial score (nSPS) is 25.3. The van der Waals surface area contributed by atoms with Crippen molar-refractivity contribution >= 4 is 28.1 Å². The first-order chi connectivity index (χ1) is 8.15. The first-order valence-electron chi connectivity index (χ1n) is 5.69. The molecule has 17 heavy (non-hydrogen) atoms. The third-order valence-corrected chi connectivity index (χ3v) is 4.77. The Bertz CT molecular complexity index is 386. The van der Waals surface area contributed by atoms with Crippen LogP contribution in [0.2, 0.25) is 5.15 Å². The third-order valence-electron chi connectivity index (χ3n) is 3.24. The van der Waals surface area contributed by atoms with Crippen LogP contribution in [0.4, 0.5) is 5.13 Å². The molecule has 1 aliphatic heterocycles. The van der Waals surface area contributed by atoms with E-state index in [2.05, 4.69) is 16.8 Å². The number of rotatable bonds is 3. The van der Waals surface area contributed by atoms with E-state index >= 15 is 0 Å². The Labute approximate surface area is 110 Å². The molecule has 6 heteroatoms. The smallest absolute Gasteiger partial charge is 0.187 e. The highest BCUT2D eigenvalue weighted by Crippen LogP contribution is 2.32. The highest BCUT2D eigenvalue weighted by atomic mass is 35.5. The van der Waals surface area contributed by atoms with Gasteiger partial charge in [-0.3, -0.25) is 0 Å². The molecular formula is C11H17ClN2O2S. The number of piperidine rings is 1. The Morgan fingerprint density at radius 2 is 2.41 bits per heavy atom. The summed E-state index contributed by atoms with van der Waals surface area (Å²) in [6, 6.07) is 0. The van der Waals surface area contributed by atoms with Crippen LogP contribution in [0, 0.1) is 5.92 Å². The molecule has 1 aromatic heterocycles. The standard InChI is InChI=1S/C11H17ClN2O2S/c1-7-3-4-14(5-8(7)16-2)11-13-10(12)9(6-15)17-11/h7-8,15H,3-6H2,1-2H3. The number of hydrogen-bond donors (Lipinski definition) is 1. The van der Waals surface area contributed by atoms with Gasteiger partial charge in [-0.15, -0.1) is 0 Å². The summed E-state index contributed by atoms with van der Waals surface area (Å²) in [4.78, 5) is 7.21. The second-order valence-electron chi connectivity index (χ2n) is 4.35. The van der Waals surface area contributed by atoms with Crippen molar-refractivity contribution in [2.24, 2.45) is 5.92 Å². The Hall–Kier alpha value is -0.360. The van der Waals surface area contributed by atoms with Crippen LogP contribution in [0.5, 0.6) is 0 Å². The zero-order valence-corrected chi connectivity index (χ0v) is 11.6. The van der Waals surface area contributed by atoms with Crippen molar-refractivity contribution in [3.8, 4) is 0 Å². The fraction of sp³-hybridized carbons (Fsp3) is 0.727. The van der Waals surface area contributed by atoms with Crippen LogP contribution in [0.25, 0.3) is 0 Å². The molecule has 1 aliphatic rings. The summed E-state index contributed by atoms with van der Waals surface area (Å²) in [7, 11) is 1.75. The van der Waals surface area contributed by atoms with Gasteiger partial charge in [-0.05, 0) is 12.3 Å². The summed E-state index contributed by atoms with van der Waals surface area (Å²) in [6.07, 6.45) is 1.33. The molecule has 0 aromatic carbocycles. The molecule has 2 atom stereocenters. The summed E-state index contributed by atoms with van der Waals surface area (Å²) < 4.78 is 5.47. The predicted molar refractivity (Wildman–Crippen MR) is 69.8 cm³/mol. The van der Waals surface area contributed by atoms with Gasteiger partial charge in [0.1, 0.15) is 5.15 Å². The number of anilines is 1. The van der Waals surface area contributed by atoms with Crippen molar-refractivity contribution in [3.63, 3.8) is 0 Å². The van der Waals surface area contributed by atoms with Gasteiger partial charge >= 0.3 is 0 Å². The topological polar surface area (TPSA) is 45.6 Å². The van der Waals surface area contributed by atoms with Crippen molar-refractivity contribution < 1.29 is 9.84 Å². The van der Waals surface area contributed by atoms with Gasteiger partial charge in [0.25, 0.3) is 0 Å². The van der Waals surface area contributed by atoms with Gasteiger partial charge in [0, 0.05) is 20.2 Å². The maximum Gasteiger partial charge on any atom is 0.187 e. The maximum atomic E-state index is 9.11. The summed E-state index contributed by atoms with van der Waals surface area (Å²) >= 11 is 7.40. The number of nitrogens with zero attached hydrogens (tertiary/aromatic N) is 2. The van der Waals surface area contributed by atoms with E-state index in [1.54, 1.807) is 7.11 Å². The summed E-state index contributed by atoms with van der Waals surface area (Å²) in [5.74, 6) is 0.573. The Morgan fingerprint density at radius 3 is 3.00 bits per heavy atom. The van der Waals surface area contributed by atoms with Gasteiger partial charge < -0.3 is 14.7 Å². The molecular weight excluding hydrogens is 260 g/mol. The Morgan fingerprint density at radius 1 is 1.65 bits per heavy atom. The first kappa shape index (κ1) is 13.1. The number of hydrogen-bond acceptors (Lipinski definition) is 5. The van der Waals surface area contributed by atoms with Crippen LogP contribution in [-0.2, 0) is 11.3 Å². The average molecular weight is 277 g/mol. The van der Waals surface area contributed by atoms with Gasteiger partial charge in [-0.2, -0.15) is 0 Å². The molecule has 0 spiro atoms. The second-order valence-corrected chi connectivity index (χ2v) is 5.77. The number of methoxy groups -OCH3 is 1. The number of thiazole rings is 1. The van der Waals surface area contributed by atoms with Gasteiger partial charge in [-0.1, -0.05) is 29.9 Å². The highest BCUT2D eigenvalue weighted by molar-refractivity contribution is 7.16. The van der Waals surface area contributed by atoms with E-state index in [1.165, 1.54) is 11.3 Å². The van der Waals surface area contributed by atoms with Gasteiger partial charge in [0.15, 0.2) is 5.13 Å². The first-order valence-corrected chi connectivity index (χ1v) is 6.89. The molecule has 1 N–H and O–H groups in total. The van der Waals surface area contributed by atoms with E-state index < -0.39 is 0 Å². The van der Waals surface area contributed by atoms with Crippen LogP contribution in [-0.4, -0.2) is 36.4 Å². The largest absolute Gasteiger partial charge is 0.391 e. The van der Waals surface area contributed by atoms with Gasteiger partial charge in [-0.25, -0.2) is 4.98 Å². The summed E-state index contributed by atoms with van der Waals surface area (Å²) in [6.45, 7) is 3.97. The molecule has 2 rings (SSSR count). The molecule has 2 heterocycles. The van der Waals surface area contributed by atoms with Crippen molar-refractivity contribution in [3.05, 3.63) is 10.0 Å². The minimum atomic E-state index is -0.0472. The summed E-state index contributed by atoms with van der Waals surface area (Å²) in [5.41, 5.74) is 0. The Kier molecular flexibility index (Phi) is 4.25. The van der Waals surface area contributed by atoms with Gasteiger partial charge in [0.05, 0.1) is 17.6 Å². The van der Waals surface area contributed by atoms with Crippen molar-refractivity contribution in [2.75, 3.05) is 25.1 Å². The lowest BCUT2D eigenvalue weighted by Crippen LogP contribution is -2.43. The zero-order valence-electron chi connectivity index (χ0n) is 10.0. The van der Waals surface area contributed by atoms with Crippen molar-refractivity contribution in [1.82, 2.24) is 4.98 Å². The molecule has 0 bridgehead atoms. The lowest BCUT2D eigenvalue weighted by molar-refractivity contribution is 0.0498. The minimum Gasteiger partial charge on any atom is -0.391 e. The molecule has 96 valence electrons. The van der Waals surface area contributed by atoms with E-state index in [-0.39, 0.29) is 12.7 Å². The fourth-order valence-corrected chi connectivity index (χ4v) is 3.22. The number of aliphatic hydroxyl groups is 1. The van der Waals surface area contributed by atoms with Crippen LogP contribution in [0.3, 0.4) is 0 Å². The quantitative estimate of drug-likeness (QED) is 0.919. The van der Waals surface area contributed by atoms with Crippen LogP contribution < -0.4 is 4.90 Å². The minimum absolute atomic E-state index is 0.0472. The molecule has 4 nitrogen and oxygen atoms in total. The fourth-order valence-electron chi connectivity index (χ4n) is 2.07. The predicted octanol–water partition coefficient (Wildman–Crippen LogP) is 2.15. The number of halogens is 1. The van der Waals surface area contributed by atoms with E-state index in [0.717, 1.165) is 29.5 Å². The van der Waals surface area contributed by atoms with Crippen molar-refractivity contribution in [1.29, 1.82) is 0 Å². The summed E-state index contributed by atoms with van der Waals surface area (Å²) in [5, 5.41) is 10.4. The third kappa shape index (κ3) is 2.73. The molecule has 1 aromatic rings. The molecule has 2 unspecified atom stereocenters. The van der Waals surface area contributed by atoms with E-state index in [0.29, 0.717) is 11.1 Å². The second kappa shape index (κ2) is 5.52. The molecule has 0 aliphatic carbocycles. The number of aromatic nitrogens is 1. The van der Waals surface area contributed by atoms with Crippen LogP contribution in [0.1, 0.15) is 18.2 Å². The average Bonchev–Trinajstić information content (AvgIpc) is 2.71. The van der Waals surface area contributed by atoms with Crippen molar-refractivity contribution in [2.45, 2.75) is 26.1 Å². The molecule has 1 saturated heterocycles. The van der Waals surface area contributed by atoms with E-state index in [4.69, 9.17) is 21.4 Å². The number of ether oxygens (including phenoxy) is 1. The van der Waals surface area contributed by atoms with Crippen LogP contribution >= 0.6 is 22.9 Å². The highest BCUT2D eigenvalue weighted by Gasteiger charge is 2.28. The van der Waals surface area contributed by atoms with E-state index in [1.807, 2.05) is 0 Å².